The molecule has 6 nitrogen and oxygen atoms in total. The molecule has 0 atom stereocenters. The second-order valence-corrected chi connectivity index (χ2v) is 8.45. The number of methoxy groups -OCH3 is 1. The molecular formula is C26H31N3O3. The van der Waals surface area contributed by atoms with E-state index < -0.39 is 5.54 Å². The van der Waals surface area contributed by atoms with Crippen LogP contribution in [0.2, 0.25) is 0 Å². The number of ether oxygens (including phenoxy) is 1. The molecule has 0 bridgehead atoms. The van der Waals surface area contributed by atoms with Gasteiger partial charge in [0.15, 0.2) is 0 Å². The van der Waals surface area contributed by atoms with Crippen molar-refractivity contribution in [2.75, 3.05) is 39.9 Å². The average Bonchev–Trinajstić information content (AvgIpc) is 3.01. The molecule has 168 valence electrons. The number of urea groups is 1. The summed E-state index contributed by atoms with van der Waals surface area (Å²) >= 11 is 0. The Kier molecular flexibility index (Phi) is 7.02. The molecule has 0 aromatic heterocycles. The SMILES string of the molecule is COCCN1C(=O)N(CC=Cc2ccccc2)C(=O)C12CCN(Cc1ccccc1)CC2. The lowest BCUT2D eigenvalue weighted by Gasteiger charge is -2.42. The van der Waals surface area contributed by atoms with Crippen molar-refractivity contribution in [2.45, 2.75) is 24.9 Å². The fraction of sp³-hybridized carbons (Fsp3) is 0.385. The van der Waals surface area contributed by atoms with E-state index in [1.807, 2.05) is 60.7 Å². The lowest BCUT2D eigenvalue weighted by molar-refractivity contribution is -0.135. The number of rotatable bonds is 8. The van der Waals surface area contributed by atoms with Crippen LogP contribution in [0.5, 0.6) is 0 Å². The van der Waals surface area contributed by atoms with E-state index in [1.54, 1.807) is 12.0 Å². The fourth-order valence-electron chi connectivity index (χ4n) is 4.70. The van der Waals surface area contributed by atoms with Crippen molar-refractivity contribution in [1.82, 2.24) is 14.7 Å². The minimum atomic E-state index is -0.761. The number of carbonyl (C=O) groups is 2. The molecule has 2 aromatic carbocycles. The van der Waals surface area contributed by atoms with Gasteiger partial charge in [-0.1, -0.05) is 72.8 Å². The van der Waals surface area contributed by atoms with E-state index in [-0.39, 0.29) is 18.5 Å². The highest BCUT2D eigenvalue weighted by molar-refractivity contribution is 6.07. The van der Waals surface area contributed by atoms with Gasteiger partial charge in [0.1, 0.15) is 5.54 Å². The summed E-state index contributed by atoms with van der Waals surface area (Å²) in [5, 5.41) is 0. The molecule has 0 N–H and O–H groups in total. The topological polar surface area (TPSA) is 53.1 Å². The molecule has 2 heterocycles. The summed E-state index contributed by atoms with van der Waals surface area (Å²) in [5.74, 6) is -0.0734. The number of nitrogens with zero attached hydrogens (tertiary/aromatic N) is 3. The summed E-state index contributed by atoms with van der Waals surface area (Å²) in [7, 11) is 1.62. The standard InChI is InChI=1S/C26H31N3O3/c1-32-20-19-29-25(31)28(16-8-13-22-9-4-2-5-10-22)24(30)26(29)14-17-27(18-15-26)21-23-11-6-3-7-12-23/h2-13H,14-21H2,1H3. The second-order valence-electron chi connectivity index (χ2n) is 8.45. The molecule has 1 spiro atoms. The van der Waals surface area contributed by atoms with Crippen LogP contribution >= 0.6 is 0 Å². The van der Waals surface area contributed by atoms with Gasteiger partial charge in [-0.2, -0.15) is 0 Å². The van der Waals surface area contributed by atoms with Crippen LogP contribution in [0.25, 0.3) is 6.08 Å². The number of benzene rings is 2. The maximum Gasteiger partial charge on any atom is 0.328 e. The largest absolute Gasteiger partial charge is 0.383 e. The lowest BCUT2D eigenvalue weighted by Crippen LogP contribution is -2.57. The van der Waals surface area contributed by atoms with E-state index in [0.29, 0.717) is 26.0 Å². The number of piperidine rings is 1. The lowest BCUT2D eigenvalue weighted by atomic mass is 9.85. The van der Waals surface area contributed by atoms with Crippen molar-refractivity contribution in [3.63, 3.8) is 0 Å². The van der Waals surface area contributed by atoms with Crippen molar-refractivity contribution < 1.29 is 14.3 Å². The number of hydrogen-bond acceptors (Lipinski definition) is 4. The Hall–Kier alpha value is -2.96. The smallest absolute Gasteiger partial charge is 0.328 e. The van der Waals surface area contributed by atoms with Gasteiger partial charge in [-0.05, 0) is 24.0 Å². The first kappa shape index (κ1) is 22.2. The first-order valence-corrected chi connectivity index (χ1v) is 11.2. The summed E-state index contributed by atoms with van der Waals surface area (Å²) in [6, 6.07) is 20.1. The highest BCUT2D eigenvalue weighted by Gasteiger charge is 2.57. The van der Waals surface area contributed by atoms with Gasteiger partial charge in [0.25, 0.3) is 5.91 Å². The minimum Gasteiger partial charge on any atom is -0.383 e. The van der Waals surface area contributed by atoms with Crippen molar-refractivity contribution in [3.05, 3.63) is 77.9 Å². The molecule has 0 unspecified atom stereocenters. The summed E-state index contributed by atoms with van der Waals surface area (Å²) in [5.41, 5.74) is 1.55. The van der Waals surface area contributed by atoms with Crippen LogP contribution in [0.4, 0.5) is 4.79 Å². The third kappa shape index (κ3) is 4.61. The van der Waals surface area contributed by atoms with E-state index in [1.165, 1.54) is 10.5 Å². The van der Waals surface area contributed by atoms with Crippen molar-refractivity contribution in [1.29, 1.82) is 0 Å². The van der Waals surface area contributed by atoms with Crippen LogP contribution in [0, 0.1) is 0 Å². The predicted molar refractivity (Wildman–Crippen MR) is 125 cm³/mol. The van der Waals surface area contributed by atoms with Crippen LogP contribution in [-0.2, 0) is 16.1 Å². The zero-order chi connectivity index (χ0) is 22.4. The maximum atomic E-state index is 13.5. The highest BCUT2D eigenvalue weighted by Crippen LogP contribution is 2.37. The monoisotopic (exact) mass is 433 g/mol. The Bertz CT molecular complexity index is 937. The number of likely N-dealkylation sites (tertiary alicyclic amines) is 1. The Morgan fingerprint density at radius 3 is 2.28 bits per heavy atom. The van der Waals surface area contributed by atoms with Gasteiger partial charge < -0.3 is 9.64 Å². The van der Waals surface area contributed by atoms with Gasteiger partial charge in [0.05, 0.1) is 6.61 Å². The fourth-order valence-corrected chi connectivity index (χ4v) is 4.70. The first-order chi connectivity index (χ1) is 15.6. The molecule has 6 heteroatoms. The zero-order valence-corrected chi connectivity index (χ0v) is 18.7. The molecule has 2 fully saturated rings. The van der Waals surface area contributed by atoms with Crippen molar-refractivity contribution in [3.8, 4) is 0 Å². The highest BCUT2D eigenvalue weighted by atomic mass is 16.5. The summed E-state index contributed by atoms with van der Waals surface area (Å²) in [6.45, 7) is 3.56. The van der Waals surface area contributed by atoms with Crippen LogP contribution in [-0.4, -0.2) is 72.1 Å². The van der Waals surface area contributed by atoms with Crippen molar-refractivity contribution >= 4 is 18.0 Å². The predicted octanol–water partition coefficient (Wildman–Crippen LogP) is 3.65. The van der Waals surface area contributed by atoms with E-state index in [9.17, 15) is 9.59 Å². The molecule has 4 rings (SSSR count). The normalized spacial score (nSPS) is 18.9. The molecule has 0 saturated carbocycles. The Balaban J connectivity index is 1.46. The number of amides is 3. The van der Waals surface area contributed by atoms with E-state index >= 15 is 0 Å². The second kappa shape index (κ2) is 10.1. The summed E-state index contributed by atoms with van der Waals surface area (Å²) in [4.78, 5) is 32.3. The third-order valence-corrected chi connectivity index (χ3v) is 6.47. The van der Waals surface area contributed by atoms with Crippen LogP contribution in [0.1, 0.15) is 24.0 Å². The summed E-state index contributed by atoms with van der Waals surface area (Å²) < 4.78 is 5.25. The van der Waals surface area contributed by atoms with Gasteiger partial charge in [-0.3, -0.25) is 14.6 Å². The Labute approximate surface area is 190 Å². The molecule has 0 aliphatic carbocycles. The molecule has 2 aliphatic heterocycles. The first-order valence-electron chi connectivity index (χ1n) is 11.2. The minimum absolute atomic E-state index is 0.0734. The van der Waals surface area contributed by atoms with Crippen molar-refractivity contribution in [2.24, 2.45) is 0 Å². The van der Waals surface area contributed by atoms with E-state index in [0.717, 1.165) is 25.2 Å². The van der Waals surface area contributed by atoms with E-state index in [2.05, 4.69) is 17.0 Å². The molecular weight excluding hydrogens is 402 g/mol. The molecule has 2 aromatic rings. The number of carbonyl (C=O) groups excluding carboxylic acids is 2. The number of hydrogen-bond donors (Lipinski definition) is 0. The van der Waals surface area contributed by atoms with Gasteiger partial charge in [-0.15, -0.1) is 0 Å². The maximum absolute atomic E-state index is 13.5. The van der Waals surface area contributed by atoms with Gasteiger partial charge in [-0.25, -0.2) is 4.79 Å². The molecule has 2 aliphatic rings. The van der Waals surface area contributed by atoms with Gasteiger partial charge >= 0.3 is 6.03 Å². The molecule has 3 amide bonds. The Morgan fingerprint density at radius 1 is 0.969 bits per heavy atom. The van der Waals surface area contributed by atoms with Crippen LogP contribution < -0.4 is 0 Å². The third-order valence-electron chi connectivity index (χ3n) is 6.47. The zero-order valence-electron chi connectivity index (χ0n) is 18.7. The number of imide groups is 1. The van der Waals surface area contributed by atoms with Crippen LogP contribution in [0.15, 0.2) is 66.7 Å². The molecule has 2 saturated heterocycles. The van der Waals surface area contributed by atoms with Gasteiger partial charge in [0.2, 0.25) is 0 Å². The van der Waals surface area contributed by atoms with Crippen LogP contribution in [0.3, 0.4) is 0 Å². The van der Waals surface area contributed by atoms with Gasteiger partial charge in [0, 0.05) is 39.8 Å². The Morgan fingerprint density at radius 2 is 1.62 bits per heavy atom. The molecule has 32 heavy (non-hydrogen) atoms. The summed E-state index contributed by atoms with van der Waals surface area (Å²) in [6.07, 6.45) is 5.14. The average molecular weight is 434 g/mol. The molecule has 0 radical (unpaired) electrons. The van der Waals surface area contributed by atoms with E-state index in [4.69, 9.17) is 4.74 Å². The quantitative estimate of drug-likeness (QED) is 0.597.